The second-order valence-electron chi connectivity index (χ2n) is 5.54. The van der Waals surface area contributed by atoms with E-state index in [1.165, 1.54) is 0 Å². The van der Waals surface area contributed by atoms with Crippen LogP contribution < -0.4 is 20.1 Å². The molecule has 1 aromatic rings. The molecule has 0 aromatic heterocycles. The first-order chi connectivity index (χ1) is 9.35. The third-order valence-electron chi connectivity index (χ3n) is 2.59. The van der Waals surface area contributed by atoms with E-state index in [2.05, 4.69) is 10.6 Å². The van der Waals surface area contributed by atoms with Crippen LogP contribution in [0.4, 0.5) is 5.69 Å². The van der Waals surface area contributed by atoms with Crippen LogP contribution in [0.3, 0.4) is 0 Å². The molecule has 0 fully saturated rings. The monoisotopic (exact) mass is 280 g/mol. The molecule has 0 atom stereocenters. The molecule has 1 aromatic carbocycles. The maximum absolute atomic E-state index is 11.7. The van der Waals surface area contributed by atoms with E-state index in [4.69, 9.17) is 9.47 Å². The van der Waals surface area contributed by atoms with Crippen LogP contribution in [0.15, 0.2) is 18.2 Å². The zero-order valence-electron chi connectivity index (χ0n) is 12.9. The van der Waals surface area contributed by atoms with Crippen LogP contribution in [0.5, 0.6) is 11.5 Å². The highest BCUT2D eigenvalue weighted by Gasteiger charge is 2.13. The van der Waals surface area contributed by atoms with Gasteiger partial charge in [-0.25, -0.2) is 0 Å². The Balaban J connectivity index is 2.52. The fourth-order valence-corrected chi connectivity index (χ4v) is 1.74. The van der Waals surface area contributed by atoms with E-state index < -0.39 is 0 Å². The van der Waals surface area contributed by atoms with E-state index in [-0.39, 0.29) is 11.4 Å². The van der Waals surface area contributed by atoms with Gasteiger partial charge in [0.05, 0.1) is 19.9 Å². The van der Waals surface area contributed by atoms with Gasteiger partial charge in [0.2, 0.25) is 5.91 Å². The molecule has 0 saturated heterocycles. The molecule has 0 radical (unpaired) electrons. The Hall–Kier alpha value is -1.91. The maximum atomic E-state index is 11.7. The van der Waals surface area contributed by atoms with Crippen LogP contribution in [-0.4, -0.2) is 32.2 Å². The van der Waals surface area contributed by atoms with Gasteiger partial charge in [0, 0.05) is 24.6 Å². The standard InChI is InChI=1S/C15H24N2O3/c1-15(2,3)17-14(18)8-9-16-12-7-6-11(19-4)10-13(12)20-5/h6-7,10,16H,8-9H2,1-5H3,(H,17,18). The van der Waals surface area contributed by atoms with Crippen molar-refractivity contribution in [3.8, 4) is 11.5 Å². The minimum Gasteiger partial charge on any atom is -0.497 e. The molecule has 1 amide bonds. The lowest BCUT2D eigenvalue weighted by Crippen LogP contribution is -2.41. The van der Waals surface area contributed by atoms with Crippen molar-refractivity contribution in [1.29, 1.82) is 0 Å². The van der Waals surface area contributed by atoms with Crippen LogP contribution in [0.1, 0.15) is 27.2 Å². The van der Waals surface area contributed by atoms with Crippen LogP contribution in [-0.2, 0) is 4.79 Å². The van der Waals surface area contributed by atoms with Crippen molar-refractivity contribution in [2.24, 2.45) is 0 Å². The quantitative estimate of drug-likeness (QED) is 0.840. The van der Waals surface area contributed by atoms with Gasteiger partial charge in [0.1, 0.15) is 11.5 Å². The summed E-state index contributed by atoms with van der Waals surface area (Å²) in [5.41, 5.74) is 0.645. The summed E-state index contributed by atoms with van der Waals surface area (Å²) in [4.78, 5) is 11.7. The van der Waals surface area contributed by atoms with Crippen molar-refractivity contribution < 1.29 is 14.3 Å². The van der Waals surface area contributed by atoms with E-state index in [1.807, 2.05) is 32.9 Å². The highest BCUT2D eigenvalue weighted by molar-refractivity contribution is 5.77. The van der Waals surface area contributed by atoms with Gasteiger partial charge in [0.25, 0.3) is 0 Å². The van der Waals surface area contributed by atoms with Crippen molar-refractivity contribution in [2.45, 2.75) is 32.7 Å². The summed E-state index contributed by atoms with van der Waals surface area (Å²) in [7, 11) is 3.21. The first kappa shape index (κ1) is 16.1. The zero-order chi connectivity index (χ0) is 15.2. The van der Waals surface area contributed by atoms with Gasteiger partial charge >= 0.3 is 0 Å². The number of hydrogen-bond donors (Lipinski definition) is 2. The first-order valence-corrected chi connectivity index (χ1v) is 6.62. The molecular weight excluding hydrogens is 256 g/mol. The van der Waals surface area contributed by atoms with Gasteiger partial charge in [0.15, 0.2) is 0 Å². The predicted octanol–water partition coefficient (Wildman–Crippen LogP) is 2.42. The summed E-state index contributed by atoms with van der Waals surface area (Å²) in [5, 5.41) is 6.11. The molecule has 2 N–H and O–H groups in total. The number of rotatable bonds is 6. The lowest BCUT2D eigenvalue weighted by atomic mass is 10.1. The van der Waals surface area contributed by atoms with Crippen molar-refractivity contribution >= 4 is 11.6 Å². The molecule has 1 rings (SSSR count). The van der Waals surface area contributed by atoms with Crippen LogP contribution in [0.2, 0.25) is 0 Å². The largest absolute Gasteiger partial charge is 0.497 e. The number of benzene rings is 1. The SMILES string of the molecule is COc1ccc(NCCC(=O)NC(C)(C)C)c(OC)c1. The van der Waals surface area contributed by atoms with E-state index in [0.29, 0.717) is 18.7 Å². The Morgan fingerprint density at radius 2 is 1.90 bits per heavy atom. The van der Waals surface area contributed by atoms with Gasteiger partial charge in [-0.3, -0.25) is 4.79 Å². The Labute approximate surface area is 120 Å². The fourth-order valence-electron chi connectivity index (χ4n) is 1.74. The third kappa shape index (κ3) is 5.38. The average Bonchev–Trinajstić information content (AvgIpc) is 2.36. The minimum absolute atomic E-state index is 0.0254. The maximum Gasteiger partial charge on any atom is 0.222 e. The molecule has 5 nitrogen and oxygen atoms in total. The molecule has 0 bridgehead atoms. The van der Waals surface area contributed by atoms with E-state index in [9.17, 15) is 4.79 Å². The molecule has 0 spiro atoms. The average molecular weight is 280 g/mol. The van der Waals surface area contributed by atoms with Crippen molar-refractivity contribution in [3.63, 3.8) is 0 Å². The van der Waals surface area contributed by atoms with Crippen molar-refractivity contribution in [1.82, 2.24) is 5.32 Å². The minimum atomic E-state index is -0.200. The number of ether oxygens (including phenoxy) is 2. The molecule has 20 heavy (non-hydrogen) atoms. The lowest BCUT2D eigenvalue weighted by molar-refractivity contribution is -0.122. The fraction of sp³-hybridized carbons (Fsp3) is 0.533. The Bertz CT molecular complexity index is 453. The van der Waals surface area contributed by atoms with Gasteiger partial charge in [-0.2, -0.15) is 0 Å². The summed E-state index contributed by atoms with van der Waals surface area (Å²) in [5.74, 6) is 1.45. The molecule has 0 aliphatic heterocycles. The number of methoxy groups -OCH3 is 2. The number of hydrogen-bond acceptors (Lipinski definition) is 4. The van der Waals surface area contributed by atoms with Crippen molar-refractivity contribution in [2.75, 3.05) is 26.1 Å². The smallest absolute Gasteiger partial charge is 0.222 e. The topological polar surface area (TPSA) is 59.6 Å². The van der Waals surface area contributed by atoms with E-state index >= 15 is 0 Å². The Morgan fingerprint density at radius 1 is 1.20 bits per heavy atom. The van der Waals surface area contributed by atoms with Crippen molar-refractivity contribution in [3.05, 3.63) is 18.2 Å². The number of anilines is 1. The van der Waals surface area contributed by atoms with E-state index in [1.54, 1.807) is 20.3 Å². The highest BCUT2D eigenvalue weighted by Crippen LogP contribution is 2.28. The molecular formula is C15H24N2O3. The van der Waals surface area contributed by atoms with E-state index in [0.717, 1.165) is 11.4 Å². The number of amides is 1. The molecule has 0 aliphatic rings. The summed E-state index contributed by atoms with van der Waals surface area (Å²) >= 11 is 0. The number of nitrogens with one attached hydrogen (secondary N) is 2. The summed E-state index contributed by atoms with van der Waals surface area (Å²) in [6.45, 7) is 6.44. The molecule has 112 valence electrons. The highest BCUT2D eigenvalue weighted by atomic mass is 16.5. The van der Waals surface area contributed by atoms with Crippen LogP contribution >= 0.6 is 0 Å². The second kappa shape index (κ2) is 7.03. The predicted molar refractivity (Wildman–Crippen MR) is 80.5 cm³/mol. The number of carbonyl (C=O) groups excluding carboxylic acids is 1. The van der Waals surface area contributed by atoms with Gasteiger partial charge in [-0.15, -0.1) is 0 Å². The Kier molecular flexibility index (Phi) is 5.67. The summed E-state index contributed by atoms with van der Waals surface area (Å²) in [6.07, 6.45) is 0.409. The third-order valence-corrected chi connectivity index (χ3v) is 2.59. The molecule has 5 heteroatoms. The summed E-state index contributed by atoms with van der Waals surface area (Å²) < 4.78 is 10.4. The molecule has 0 heterocycles. The summed E-state index contributed by atoms with van der Waals surface area (Å²) in [6, 6.07) is 5.52. The normalized spacial score (nSPS) is 10.8. The lowest BCUT2D eigenvalue weighted by Gasteiger charge is -2.20. The van der Waals surface area contributed by atoms with Gasteiger partial charge in [-0.1, -0.05) is 0 Å². The molecule has 0 unspecified atom stereocenters. The first-order valence-electron chi connectivity index (χ1n) is 6.62. The molecule has 0 aliphatic carbocycles. The van der Waals surface area contributed by atoms with Gasteiger partial charge < -0.3 is 20.1 Å². The van der Waals surface area contributed by atoms with Crippen LogP contribution in [0, 0.1) is 0 Å². The van der Waals surface area contributed by atoms with Gasteiger partial charge in [-0.05, 0) is 32.9 Å². The van der Waals surface area contributed by atoms with Crippen LogP contribution in [0.25, 0.3) is 0 Å². The zero-order valence-corrected chi connectivity index (χ0v) is 12.9. The number of carbonyl (C=O) groups is 1. The Morgan fingerprint density at radius 3 is 2.45 bits per heavy atom. The second-order valence-corrected chi connectivity index (χ2v) is 5.54. The molecule has 0 saturated carbocycles.